The third-order valence-electron chi connectivity index (χ3n) is 2.76. The monoisotopic (exact) mass is 258 g/mol. The van der Waals surface area contributed by atoms with Crippen LogP contribution in [0, 0.1) is 5.92 Å². The number of rotatable bonds is 4. The van der Waals surface area contributed by atoms with Crippen molar-refractivity contribution in [3.63, 3.8) is 0 Å². The predicted molar refractivity (Wildman–Crippen MR) is 62.9 cm³/mol. The van der Waals surface area contributed by atoms with Gasteiger partial charge in [-0.25, -0.2) is 9.59 Å². The topological polar surface area (TPSA) is 125 Å². The number of urea groups is 2. The van der Waals surface area contributed by atoms with Gasteiger partial charge in [-0.2, -0.15) is 0 Å². The summed E-state index contributed by atoms with van der Waals surface area (Å²) in [6.45, 7) is 1.29. The van der Waals surface area contributed by atoms with Crippen LogP contribution < -0.4 is 16.4 Å². The van der Waals surface area contributed by atoms with Crippen molar-refractivity contribution in [3.8, 4) is 0 Å². The quantitative estimate of drug-likeness (QED) is 0.491. The van der Waals surface area contributed by atoms with Crippen molar-refractivity contribution >= 4 is 18.0 Å². The number of primary amides is 1. The zero-order valence-electron chi connectivity index (χ0n) is 10.0. The van der Waals surface area contributed by atoms with E-state index in [2.05, 4.69) is 10.6 Å². The number of carboxylic acids is 1. The highest BCUT2D eigenvalue weighted by Gasteiger charge is 2.27. The van der Waals surface area contributed by atoms with E-state index >= 15 is 0 Å². The molecule has 0 spiro atoms. The van der Waals surface area contributed by atoms with Crippen LogP contribution in [0.3, 0.4) is 0 Å². The van der Waals surface area contributed by atoms with Gasteiger partial charge < -0.3 is 26.4 Å². The molecule has 0 aromatic rings. The molecule has 1 aliphatic rings. The number of nitrogens with one attached hydrogen (secondary N) is 2. The van der Waals surface area contributed by atoms with Crippen molar-refractivity contribution in [1.29, 1.82) is 0 Å². The predicted octanol–water partition coefficient (Wildman–Crippen LogP) is -0.839. The highest BCUT2D eigenvalue weighted by molar-refractivity contribution is 5.76. The molecule has 8 heteroatoms. The van der Waals surface area contributed by atoms with Crippen LogP contribution >= 0.6 is 0 Å². The van der Waals surface area contributed by atoms with Crippen LogP contribution in [0.1, 0.15) is 12.8 Å². The van der Waals surface area contributed by atoms with E-state index in [0.717, 1.165) is 0 Å². The molecule has 1 rings (SSSR count). The molecule has 5 N–H and O–H groups in total. The number of aliphatic carboxylic acids is 1. The summed E-state index contributed by atoms with van der Waals surface area (Å²) in [4.78, 5) is 34.4. The minimum absolute atomic E-state index is 0.227. The van der Waals surface area contributed by atoms with Crippen molar-refractivity contribution < 1.29 is 19.5 Å². The lowest BCUT2D eigenvalue weighted by atomic mass is 9.99. The second kappa shape index (κ2) is 6.67. The van der Waals surface area contributed by atoms with Gasteiger partial charge in [-0.15, -0.1) is 0 Å². The van der Waals surface area contributed by atoms with Gasteiger partial charge >= 0.3 is 18.0 Å². The SMILES string of the molecule is NC(=O)NCCNC(=O)N1CCC[C@H](C(=O)O)C1. The summed E-state index contributed by atoms with van der Waals surface area (Å²) in [5, 5.41) is 13.8. The Labute approximate surface area is 104 Å². The Balaban J connectivity index is 2.28. The summed E-state index contributed by atoms with van der Waals surface area (Å²) in [6.07, 6.45) is 1.28. The Hall–Kier alpha value is -1.99. The highest BCUT2D eigenvalue weighted by atomic mass is 16.4. The molecule has 1 heterocycles. The molecular formula is C10H18N4O4. The molecule has 0 aromatic carbocycles. The zero-order chi connectivity index (χ0) is 13.5. The van der Waals surface area contributed by atoms with Crippen molar-refractivity contribution in [2.75, 3.05) is 26.2 Å². The maximum atomic E-state index is 11.7. The van der Waals surface area contributed by atoms with Gasteiger partial charge in [-0.05, 0) is 12.8 Å². The van der Waals surface area contributed by atoms with E-state index in [1.54, 1.807) is 0 Å². The van der Waals surface area contributed by atoms with Crippen LogP contribution in [0.25, 0.3) is 0 Å². The number of hydrogen-bond donors (Lipinski definition) is 4. The van der Waals surface area contributed by atoms with Crippen LogP contribution in [-0.2, 0) is 4.79 Å². The molecule has 0 bridgehead atoms. The van der Waals surface area contributed by atoms with Gasteiger partial charge in [0, 0.05) is 26.2 Å². The van der Waals surface area contributed by atoms with E-state index in [1.807, 2.05) is 0 Å². The summed E-state index contributed by atoms with van der Waals surface area (Å²) < 4.78 is 0. The minimum Gasteiger partial charge on any atom is -0.481 e. The second-order valence-corrected chi connectivity index (χ2v) is 4.15. The Bertz CT molecular complexity index is 334. The van der Waals surface area contributed by atoms with Crippen LogP contribution in [0.15, 0.2) is 0 Å². The highest BCUT2D eigenvalue weighted by Crippen LogP contribution is 2.16. The van der Waals surface area contributed by atoms with Crippen LogP contribution in [-0.4, -0.2) is 54.2 Å². The van der Waals surface area contributed by atoms with Gasteiger partial charge in [0.1, 0.15) is 0 Å². The van der Waals surface area contributed by atoms with Gasteiger partial charge in [0.05, 0.1) is 5.92 Å². The molecule has 1 atom stereocenters. The van der Waals surface area contributed by atoms with Gasteiger partial charge in [0.15, 0.2) is 0 Å². The molecule has 8 nitrogen and oxygen atoms in total. The number of carboxylic acid groups (broad SMARTS) is 1. The van der Waals surface area contributed by atoms with E-state index in [1.165, 1.54) is 4.90 Å². The van der Waals surface area contributed by atoms with Crippen molar-refractivity contribution in [1.82, 2.24) is 15.5 Å². The molecule has 1 aliphatic heterocycles. The van der Waals surface area contributed by atoms with Crippen molar-refractivity contribution in [3.05, 3.63) is 0 Å². The number of piperidine rings is 1. The summed E-state index contributed by atoms with van der Waals surface area (Å²) in [6, 6.07) is -0.958. The van der Waals surface area contributed by atoms with Crippen molar-refractivity contribution in [2.45, 2.75) is 12.8 Å². The van der Waals surface area contributed by atoms with E-state index in [9.17, 15) is 14.4 Å². The Morgan fingerprint density at radius 3 is 2.56 bits per heavy atom. The normalized spacial score (nSPS) is 19.1. The smallest absolute Gasteiger partial charge is 0.317 e. The van der Waals surface area contributed by atoms with E-state index in [4.69, 9.17) is 10.8 Å². The molecule has 1 saturated heterocycles. The summed E-state index contributed by atoms with van der Waals surface area (Å²) in [5.41, 5.74) is 4.87. The first-order chi connectivity index (χ1) is 8.50. The Morgan fingerprint density at radius 1 is 1.28 bits per heavy atom. The minimum atomic E-state index is -0.872. The largest absolute Gasteiger partial charge is 0.481 e. The van der Waals surface area contributed by atoms with Gasteiger partial charge in [0.2, 0.25) is 0 Å². The number of carbonyl (C=O) groups excluding carboxylic acids is 2. The fraction of sp³-hybridized carbons (Fsp3) is 0.700. The average Bonchev–Trinajstić information content (AvgIpc) is 2.34. The number of amides is 4. The zero-order valence-corrected chi connectivity index (χ0v) is 10.0. The number of carbonyl (C=O) groups is 3. The van der Waals surface area contributed by atoms with Crippen molar-refractivity contribution in [2.24, 2.45) is 11.7 Å². The fourth-order valence-corrected chi connectivity index (χ4v) is 1.83. The van der Waals surface area contributed by atoms with Gasteiger partial charge in [0.25, 0.3) is 0 Å². The molecular weight excluding hydrogens is 240 g/mol. The second-order valence-electron chi connectivity index (χ2n) is 4.15. The summed E-state index contributed by atoms with van der Waals surface area (Å²) in [5.74, 6) is -1.36. The molecule has 4 amide bonds. The van der Waals surface area contributed by atoms with E-state index < -0.39 is 17.9 Å². The van der Waals surface area contributed by atoms with Gasteiger partial charge in [-0.1, -0.05) is 0 Å². The molecule has 1 fully saturated rings. The number of nitrogens with zero attached hydrogens (tertiary/aromatic N) is 1. The first kappa shape index (κ1) is 14.1. The Morgan fingerprint density at radius 2 is 1.94 bits per heavy atom. The third kappa shape index (κ3) is 4.48. The number of nitrogens with two attached hydrogens (primary N) is 1. The van der Waals surface area contributed by atoms with Crippen LogP contribution in [0.4, 0.5) is 9.59 Å². The standard InChI is InChI=1S/C10H18N4O4/c11-9(17)12-3-4-13-10(18)14-5-1-2-7(6-14)8(15)16/h7H,1-6H2,(H,13,18)(H,15,16)(H3,11,12,17)/t7-/m0/s1. The lowest BCUT2D eigenvalue weighted by Crippen LogP contribution is -2.48. The van der Waals surface area contributed by atoms with Gasteiger partial charge in [-0.3, -0.25) is 4.79 Å². The number of hydrogen-bond acceptors (Lipinski definition) is 3. The first-order valence-electron chi connectivity index (χ1n) is 5.79. The van der Waals surface area contributed by atoms with E-state index in [-0.39, 0.29) is 25.7 Å². The first-order valence-corrected chi connectivity index (χ1v) is 5.79. The number of likely N-dealkylation sites (tertiary alicyclic amines) is 1. The third-order valence-corrected chi connectivity index (χ3v) is 2.76. The molecule has 0 saturated carbocycles. The fourth-order valence-electron chi connectivity index (χ4n) is 1.83. The molecule has 0 unspecified atom stereocenters. The lowest BCUT2D eigenvalue weighted by molar-refractivity contribution is -0.143. The molecule has 0 aliphatic carbocycles. The summed E-state index contributed by atoms with van der Waals surface area (Å²) in [7, 11) is 0. The maximum absolute atomic E-state index is 11.7. The molecule has 0 radical (unpaired) electrons. The van der Waals surface area contributed by atoms with E-state index in [0.29, 0.717) is 19.4 Å². The summed E-state index contributed by atoms with van der Waals surface area (Å²) >= 11 is 0. The average molecular weight is 258 g/mol. The molecule has 18 heavy (non-hydrogen) atoms. The van der Waals surface area contributed by atoms with Crippen LogP contribution in [0.2, 0.25) is 0 Å². The van der Waals surface area contributed by atoms with Crippen LogP contribution in [0.5, 0.6) is 0 Å². The lowest BCUT2D eigenvalue weighted by Gasteiger charge is -2.30. The Kier molecular flexibility index (Phi) is 5.22. The molecule has 0 aromatic heterocycles. The maximum Gasteiger partial charge on any atom is 0.317 e. The molecule has 102 valence electrons.